The molecule has 118 valence electrons. The third-order valence-corrected chi connectivity index (χ3v) is 6.29. The minimum atomic E-state index is -3.63. The van der Waals surface area contributed by atoms with E-state index in [0.29, 0.717) is 16.6 Å². The van der Waals surface area contributed by atoms with E-state index >= 15 is 0 Å². The Bertz CT molecular complexity index is 597. The lowest BCUT2D eigenvalue weighted by molar-refractivity contribution is 0.0200. The van der Waals surface area contributed by atoms with E-state index in [1.807, 2.05) is 0 Å². The van der Waals surface area contributed by atoms with Gasteiger partial charge in [-0.05, 0) is 59.3 Å². The summed E-state index contributed by atoms with van der Waals surface area (Å²) in [7, 11) is -3.63. The number of ether oxygens (including phenoxy) is 1. The third kappa shape index (κ3) is 4.26. The summed E-state index contributed by atoms with van der Waals surface area (Å²) in [6.45, 7) is 2.57. The van der Waals surface area contributed by atoms with E-state index in [2.05, 4.69) is 20.7 Å². The molecule has 1 aliphatic heterocycles. The van der Waals surface area contributed by atoms with Gasteiger partial charge < -0.3 is 9.84 Å². The average Bonchev–Trinajstić information content (AvgIpc) is 2.48. The second kappa shape index (κ2) is 7.19. The smallest absolute Gasteiger partial charge is 0.241 e. The number of benzene rings is 1. The molecule has 0 radical (unpaired) electrons. The quantitative estimate of drug-likeness (QED) is 0.823. The van der Waals surface area contributed by atoms with Gasteiger partial charge in [0.1, 0.15) is 0 Å². The van der Waals surface area contributed by atoms with Crippen molar-refractivity contribution in [2.45, 2.75) is 43.8 Å². The first-order chi connectivity index (χ1) is 9.94. The fourth-order valence-electron chi connectivity index (χ4n) is 2.34. The molecule has 0 amide bonds. The molecule has 0 spiro atoms. The molecule has 0 aromatic heterocycles. The zero-order valence-electron chi connectivity index (χ0n) is 11.9. The zero-order valence-corrected chi connectivity index (χ0v) is 14.3. The Labute approximate surface area is 133 Å². The summed E-state index contributed by atoms with van der Waals surface area (Å²) in [6, 6.07) is 3.24. The van der Waals surface area contributed by atoms with Gasteiger partial charge in [0.15, 0.2) is 0 Å². The summed E-state index contributed by atoms with van der Waals surface area (Å²) >= 11 is 3.31. The summed E-state index contributed by atoms with van der Waals surface area (Å²) in [5.41, 5.74) is 1.35. The van der Waals surface area contributed by atoms with Crippen molar-refractivity contribution in [2.24, 2.45) is 0 Å². The van der Waals surface area contributed by atoms with Crippen LogP contribution in [0.1, 0.15) is 30.4 Å². The number of hydrogen-bond acceptors (Lipinski definition) is 4. The lowest BCUT2D eigenvalue weighted by atomic mass is 10.1. The summed E-state index contributed by atoms with van der Waals surface area (Å²) in [5, 5.41) is 9.23. The lowest BCUT2D eigenvalue weighted by Gasteiger charge is -2.23. The second-order valence-corrected chi connectivity index (χ2v) is 7.75. The van der Waals surface area contributed by atoms with Crippen molar-refractivity contribution in [1.29, 1.82) is 0 Å². The summed E-state index contributed by atoms with van der Waals surface area (Å²) in [6.07, 6.45) is 2.91. The number of hydrogen-bond donors (Lipinski definition) is 2. The molecule has 5 nitrogen and oxygen atoms in total. The number of aliphatic hydroxyl groups is 1. The van der Waals surface area contributed by atoms with E-state index in [9.17, 15) is 13.5 Å². The molecule has 0 aliphatic carbocycles. The highest BCUT2D eigenvalue weighted by Crippen LogP contribution is 2.27. The Morgan fingerprint density at radius 3 is 2.81 bits per heavy atom. The number of nitrogens with one attached hydrogen (secondary N) is 1. The van der Waals surface area contributed by atoms with Crippen LogP contribution in [0, 0.1) is 6.92 Å². The first-order valence-corrected chi connectivity index (χ1v) is 9.23. The molecule has 0 bridgehead atoms. The average molecular weight is 378 g/mol. The van der Waals surface area contributed by atoms with Gasteiger partial charge in [0.05, 0.1) is 17.6 Å². The highest BCUT2D eigenvalue weighted by Gasteiger charge is 2.22. The Kier molecular flexibility index (Phi) is 5.79. The van der Waals surface area contributed by atoms with Gasteiger partial charge in [-0.2, -0.15) is 0 Å². The summed E-state index contributed by atoms with van der Waals surface area (Å²) in [5.74, 6) is 0. The van der Waals surface area contributed by atoms with Crippen molar-refractivity contribution in [3.8, 4) is 0 Å². The molecule has 7 heteroatoms. The molecule has 1 aromatic carbocycles. The van der Waals surface area contributed by atoms with Gasteiger partial charge in [0, 0.05) is 17.6 Å². The SMILES string of the molecule is Cc1cc(CO)cc(S(=O)(=O)NCC2CCCCO2)c1Br. The molecule has 1 unspecified atom stereocenters. The van der Waals surface area contributed by atoms with Crippen LogP contribution in [-0.4, -0.2) is 32.8 Å². The van der Waals surface area contributed by atoms with Gasteiger partial charge in [0.2, 0.25) is 10.0 Å². The van der Waals surface area contributed by atoms with Crippen molar-refractivity contribution in [3.63, 3.8) is 0 Å². The molecule has 2 N–H and O–H groups in total. The predicted octanol–water partition coefficient (Wildman–Crippen LogP) is 2.10. The molecule has 1 fully saturated rings. The Hall–Kier alpha value is -0.470. The molecular weight excluding hydrogens is 358 g/mol. The van der Waals surface area contributed by atoms with Crippen molar-refractivity contribution >= 4 is 26.0 Å². The van der Waals surface area contributed by atoms with Gasteiger partial charge in [-0.25, -0.2) is 13.1 Å². The predicted molar refractivity (Wildman–Crippen MR) is 83.6 cm³/mol. The van der Waals surface area contributed by atoms with Gasteiger partial charge in [0.25, 0.3) is 0 Å². The Morgan fingerprint density at radius 2 is 2.19 bits per heavy atom. The normalized spacial score (nSPS) is 19.7. The molecule has 21 heavy (non-hydrogen) atoms. The zero-order chi connectivity index (χ0) is 15.5. The van der Waals surface area contributed by atoms with Crippen molar-refractivity contribution in [3.05, 3.63) is 27.7 Å². The topological polar surface area (TPSA) is 75.6 Å². The highest BCUT2D eigenvalue weighted by molar-refractivity contribution is 9.10. The molecule has 1 saturated heterocycles. The number of halogens is 1. The largest absolute Gasteiger partial charge is 0.392 e. The van der Waals surface area contributed by atoms with E-state index in [1.54, 1.807) is 13.0 Å². The van der Waals surface area contributed by atoms with Crippen LogP contribution in [0.5, 0.6) is 0 Å². The molecule has 0 saturated carbocycles. The first kappa shape index (κ1) is 16.9. The lowest BCUT2D eigenvalue weighted by Crippen LogP contribution is -2.35. The summed E-state index contributed by atoms with van der Waals surface area (Å²) in [4.78, 5) is 0.155. The minimum absolute atomic E-state index is 0.0607. The maximum absolute atomic E-state index is 12.4. The number of aryl methyl sites for hydroxylation is 1. The number of aliphatic hydroxyl groups excluding tert-OH is 1. The fraction of sp³-hybridized carbons (Fsp3) is 0.571. The van der Waals surface area contributed by atoms with Gasteiger partial charge in [-0.15, -0.1) is 0 Å². The Balaban J connectivity index is 2.16. The summed E-state index contributed by atoms with van der Waals surface area (Å²) < 4.78 is 33.5. The van der Waals surface area contributed by atoms with Crippen LogP contribution in [-0.2, 0) is 21.4 Å². The van der Waals surface area contributed by atoms with Crippen molar-refractivity contribution in [1.82, 2.24) is 4.72 Å². The molecule has 2 rings (SSSR count). The maximum Gasteiger partial charge on any atom is 0.241 e. The third-order valence-electron chi connectivity index (χ3n) is 3.53. The fourth-order valence-corrected chi connectivity index (χ4v) is 4.48. The van der Waals surface area contributed by atoms with E-state index in [4.69, 9.17) is 4.74 Å². The van der Waals surface area contributed by atoms with Crippen LogP contribution in [0.15, 0.2) is 21.5 Å². The first-order valence-electron chi connectivity index (χ1n) is 6.95. The van der Waals surface area contributed by atoms with E-state index < -0.39 is 10.0 Å². The standard InChI is InChI=1S/C14H20BrNO4S/c1-10-6-11(9-17)7-13(14(10)15)21(18,19)16-8-12-4-2-3-5-20-12/h6-7,12,16-17H,2-5,8-9H2,1H3. The number of sulfonamides is 1. The second-order valence-electron chi connectivity index (χ2n) is 5.22. The monoisotopic (exact) mass is 377 g/mol. The molecule has 1 heterocycles. The van der Waals surface area contributed by atoms with Crippen LogP contribution in [0.2, 0.25) is 0 Å². The van der Waals surface area contributed by atoms with Gasteiger partial charge in [-0.1, -0.05) is 6.07 Å². The van der Waals surface area contributed by atoms with E-state index in [1.165, 1.54) is 6.07 Å². The maximum atomic E-state index is 12.4. The van der Waals surface area contributed by atoms with Gasteiger partial charge in [-0.3, -0.25) is 0 Å². The minimum Gasteiger partial charge on any atom is -0.392 e. The molecular formula is C14H20BrNO4S. The van der Waals surface area contributed by atoms with Gasteiger partial charge >= 0.3 is 0 Å². The van der Waals surface area contributed by atoms with Crippen LogP contribution in [0.25, 0.3) is 0 Å². The van der Waals surface area contributed by atoms with Crippen LogP contribution < -0.4 is 4.72 Å². The highest BCUT2D eigenvalue weighted by atomic mass is 79.9. The molecule has 1 atom stereocenters. The Morgan fingerprint density at radius 1 is 1.43 bits per heavy atom. The van der Waals surface area contributed by atoms with Crippen LogP contribution in [0.3, 0.4) is 0 Å². The number of rotatable bonds is 5. The van der Waals surface area contributed by atoms with E-state index in [-0.39, 0.29) is 24.2 Å². The van der Waals surface area contributed by atoms with Crippen molar-refractivity contribution in [2.75, 3.05) is 13.2 Å². The van der Waals surface area contributed by atoms with Crippen molar-refractivity contribution < 1.29 is 18.3 Å². The molecule has 1 aromatic rings. The van der Waals surface area contributed by atoms with E-state index in [0.717, 1.165) is 24.8 Å². The van der Waals surface area contributed by atoms with Crippen LogP contribution in [0.4, 0.5) is 0 Å². The van der Waals surface area contributed by atoms with Crippen LogP contribution >= 0.6 is 15.9 Å². The molecule has 1 aliphatic rings.